The van der Waals surface area contributed by atoms with E-state index in [1.54, 1.807) is 0 Å². The van der Waals surface area contributed by atoms with Gasteiger partial charge >= 0.3 is 0 Å². The Morgan fingerprint density at radius 3 is 2.14 bits per heavy atom. The average molecular weight is 423 g/mol. The molecule has 0 unspecified atom stereocenters. The highest BCUT2D eigenvalue weighted by molar-refractivity contribution is 6.77. The fourth-order valence-corrected chi connectivity index (χ4v) is 10.2. The van der Waals surface area contributed by atoms with E-state index in [-0.39, 0.29) is 18.5 Å². The van der Waals surface area contributed by atoms with Crippen molar-refractivity contribution in [2.24, 2.45) is 5.92 Å². The van der Waals surface area contributed by atoms with E-state index in [1.807, 2.05) is 19.9 Å². The molecule has 0 bridgehead atoms. The Kier molecular flexibility index (Phi) is 11.1. The maximum Gasteiger partial charge on any atom is 0.200 e. The molecule has 0 saturated heterocycles. The van der Waals surface area contributed by atoms with Gasteiger partial charge in [0.25, 0.3) is 0 Å². The molecule has 0 aromatic heterocycles. The molecule has 0 radical (unpaired) electrons. The molecule has 0 spiro atoms. The van der Waals surface area contributed by atoms with Crippen LogP contribution in [0.4, 0.5) is 0 Å². The Morgan fingerprint density at radius 2 is 1.62 bits per heavy atom. The van der Waals surface area contributed by atoms with Crippen LogP contribution >= 0.6 is 0 Å². The molecule has 0 aliphatic carbocycles. The highest BCUT2D eigenvalue weighted by atomic mass is 28.4. The topological polar surface area (TPSA) is 27.7 Å². The van der Waals surface area contributed by atoms with Crippen LogP contribution < -0.4 is 0 Å². The molecular formula is C25H46O3Si. The van der Waals surface area contributed by atoms with Gasteiger partial charge in [-0.2, -0.15) is 0 Å². The maximum atomic E-state index is 6.74. The van der Waals surface area contributed by atoms with Crippen LogP contribution in [0.3, 0.4) is 0 Å². The molecule has 3 atom stereocenters. The zero-order chi connectivity index (χ0) is 22.2. The van der Waals surface area contributed by atoms with Gasteiger partial charge in [0.05, 0.1) is 12.2 Å². The summed E-state index contributed by atoms with van der Waals surface area (Å²) < 4.78 is 18.5. The zero-order valence-electron chi connectivity index (χ0n) is 20.6. The average Bonchev–Trinajstić information content (AvgIpc) is 2.59. The summed E-state index contributed by atoms with van der Waals surface area (Å²) in [6.07, 6.45) is 11.7. The molecule has 168 valence electrons. The third-order valence-corrected chi connectivity index (χ3v) is 11.9. The highest BCUT2D eigenvalue weighted by Crippen LogP contribution is 2.42. The quantitative estimate of drug-likeness (QED) is 0.197. The van der Waals surface area contributed by atoms with Crippen molar-refractivity contribution < 1.29 is 13.9 Å². The number of hydrogen-bond donors (Lipinski definition) is 0. The van der Waals surface area contributed by atoms with Crippen molar-refractivity contribution in [3.63, 3.8) is 0 Å². The monoisotopic (exact) mass is 422 g/mol. The molecule has 3 nitrogen and oxygen atoms in total. The highest BCUT2D eigenvalue weighted by Gasteiger charge is 2.45. The largest absolute Gasteiger partial charge is 0.415 e. The van der Waals surface area contributed by atoms with Crippen molar-refractivity contribution in [2.75, 3.05) is 6.61 Å². The van der Waals surface area contributed by atoms with Crippen molar-refractivity contribution in [3.05, 3.63) is 36.0 Å². The summed E-state index contributed by atoms with van der Waals surface area (Å²) in [7, 11) is -1.80. The number of hydrogen-bond acceptors (Lipinski definition) is 3. The molecule has 1 heterocycles. The standard InChI is InChI=1S/C25H46O3Si/c1-18(2)27-25-13-11-12-24(28-25)15-14-22(9)16-23(10)17-26-29(19(3)4,20(5)6)21(7)8/h11,13-16,18-21,23-25H,12,17H2,1-10H3/b15-14+,22-16-/t23-,24+,25+/m0/s1. The van der Waals surface area contributed by atoms with Gasteiger partial charge in [-0.15, -0.1) is 0 Å². The van der Waals surface area contributed by atoms with Crippen LogP contribution in [0.5, 0.6) is 0 Å². The number of rotatable bonds is 11. The maximum absolute atomic E-state index is 6.74. The molecular weight excluding hydrogens is 376 g/mol. The zero-order valence-corrected chi connectivity index (χ0v) is 21.6. The van der Waals surface area contributed by atoms with Crippen LogP contribution in [-0.2, 0) is 13.9 Å². The molecule has 1 aliphatic rings. The first-order valence-corrected chi connectivity index (χ1v) is 13.6. The second-order valence-corrected chi connectivity index (χ2v) is 15.2. The lowest BCUT2D eigenvalue weighted by atomic mass is 10.1. The first-order chi connectivity index (χ1) is 13.5. The molecule has 0 N–H and O–H groups in total. The Bertz CT molecular complexity index is 539. The van der Waals surface area contributed by atoms with E-state index < -0.39 is 8.32 Å². The van der Waals surface area contributed by atoms with E-state index in [4.69, 9.17) is 13.9 Å². The third kappa shape index (κ3) is 8.16. The van der Waals surface area contributed by atoms with Crippen LogP contribution in [0.2, 0.25) is 16.6 Å². The molecule has 0 fully saturated rings. The van der Waals surface area contributed by atoms with E-state index in [0.29, 0.717) is 22.5 Å². The fourth-order valence-electron chi connectivity index (χ4n) is 4.65. The molecule has 1 rings (SSSR count). The third-order valence-electron chi connectivity index (χ3n) is 5.80. The summed E-state index contributed by atoms with van der Waals surface area (Å²) >= 11 is 0. The Hall–Kier alpha value is -0.683. The first kappa shape index (κ1) is 26.4. The second kappa shape index (κ2) is 12.2. The summed E-state index contributed by atoms with van der Waals surface area (Å²) in [5.41, 5.74) is 3.12. The fraction of sp³-hybridized carbons (Fsp3) is 0.760. The molecule has 29 heavy (non-hydrogen) atoms. The van der Waals surface area contributed by atoms with Gasteiger partial charge in [-0.25, -0.2) is 0 Å². The second-order valence-electron chi connectivity index (χ2n) is 9.77. The van der Waals surface area contributed by atoms with Gasteiger partial charge in [-0.05, 0) is 55.8 Å². The van der Waals surface area contributed by atoms with Gasteiger partial charge in [0, 0.05) is 6.61 Å². The lowest BCUT2D eigenvalue weighted by Gasteiger charge is -2.42. The van der Waals surface area contributed by atoms with E-state index in [9.17, 15) is 0 Å². The summed E-state index contributed by atoms with van der Waals surface area (Å²) in [4.78, 5) is 0. The van der Waals surface area contributed by atoms with E-state index in [2.05, 4.69) is 79.7 Å². The van der Waals surface area contributed by atoms with Crippen molar-refractivity contribution >= 4 is 8.32 Å². The van der Waals surface area contributed by atoms with Gasteiger partial charge in [0.15, 0.2) is 14.6 Å². The van der Waals surface area contributed by atoms with E-state index in [1.165, 1.54) is 5.57 Å². The molecule has 0 aromatic carbocycles. The van der Waals surface area contributed by atoms with Crippen LogP contribution in [0.1, 0.15) is 75.7 Å². The van der Waals surface area contributed by atoms with Gasteiger partial charge in [-0.1, -0.05) is 78.3 Å². The Balaban J connectivity index is 2.66. The Labute approximate surface area is 181 Å². The SMILES string of the molecule is CC(=C/[C@H](C)CO[Si](C(C)C)(C(C)C)C(C)C)/C=C/[C@H]1CC=C[C@H](OC(C)C)O1. The Morgan fingerprint density at radius 1 is 1.03 bits per heavy atom. The van der Waals surface area contributed by atoms with E-state index >= 15 is 0 Å². The molecule has 4 heteroatoms. The van der Waals surface area contributed by atoms with Crippen LogP contribution in [-0.4, -0.2) is 33.4 Å². The molecule has 0 amide bonds. The summed E-state index contributed by atoms with van der Waals surface area (Å²) in [5.74, 6) is 0.395. The summed E-state index contributed by atoms with van der Waals surface area (Å²) in [6.45, 7) is 23.3. The van der Waals surface area contributed by atoms with Crippen LogP contribution in [0.25, 0.3) is 0 Å². The van der Waals surface area contributed by atoms with Gasteiger partial charge in [0.2, 0.25) is 0 Å². The normalized spacial score (nSPS) is 22.6. The number of ether oxygens (including phenoxy) is 2. The minimum Gasteiger partial charge on any atom is -0.415 e. The lowest BCUT2D eigenvalue weighted by molar-refractivity contribution is -0.154. The van der Waals surface area contributed by atoms with Crippen molar-refractivity contribution in [2.45, 2.75) is 111 Å². The van der Waals surface area contributed by atoms with Crippen molar-refractivity contribution in [1.82, 2.24) is 0 Å². The van der Waals surface area contributed by atoms with Crippen LogP contribution in [0, 0.1) is 5.92 Å². The predicted octanol–water partition coefficient (Wildman–Crippen LogP) is 7.41. The summed E-state index contributed by atoms with van der Waals surface area (Å²) in [5, 5.41) is 0. The smallest absolute Gasteiger partial charge is 0.200 e. The van der Waals surface area contributed by atoms with E-state index in [0.717, 1.165) is 13.0 Å². The molecule has 0 saturated carbocycles. The minimum absolute atomic E-state index is 0.0709. The lowest BCUT2D eigenvalue weighted by Crippen LogP contribution is -2.48. The van der Waals surface area contributed by atoms with Crippen LogP contribution in [0.15, 0.2) is 36.0 Å². The minimum atomic E-state index is -1.80. The first-order valence-electron chi connectivity index (χ1n) is 11.5. The predicted molar refractivity (Wildman–Crippen MR) is 128 cm³/mol. The number of allylic oxidation sites excluding steroid dienone is 2. The van der Waals surface area contributed by atoms with Gasteiger partial charge in [0.1, 0.15) is 0 Å². The molecule has 0 aromatic rings. The summed E-state index contributed by atoms with van der Waals surface area (Å²) in [6, 6.07) is 0. The van der Waals surface area contributed by atoms with Gasteiger partial charge in [-0.3, -0.25) is 0 Å². The van der Waals surface area contributed by atoms with Crippen molar-refractivity contribution in [1.29, 1.82) is 0 Å². The molecule has 1 aliphatic heterocycles. The van der Waals surface area contributed by atoms with Crippen molar-refractivity contribution in [3.8, 4) is 0 Å². The van der Waals surface area contributed by atoms with Gasteiger partial charge < -0.3 is 13.9 Å².